The highest BCUT2D eigenvalue weighted by molar-refractivity contribution is 5.74. The third kappa shape index (κ3) is 6.10. The third-order valence-corrected chi connectivity index (χ3v) is 4.24. The Hall–Kier alpha value is -1.75. The van der Waals surface area contributed by atoms with Crippen molar-refractivity contribution in [1.29, 1.82) is 0 Å². The molecule has 23 heavy (non-hydrogen) atoms. The van der Waals surface area contributed by atoms with E-state index in [0.717, 1.165) is 31.4 Å². The van der Waals surface area contributed by atoms with Crippen molar-refractivity contribution in [3.63, 3.8) is 0 Å². The molecule has 0 unspecified atom stereocenters. The van der Waals surface area contributed by atoms with E-state index in [4.69, 9.17) is 4.74 Å². The Labute approximate surface area is 138 Å². The molecular weight excluding hydrogens is 292 g/mol. The van der Waals surface area contributed by atoms with Gasteiger partial charge in [0.1, 0.15) is 12.4 Å². The summed E-state index contributed by atoms with van der Waals surface area (Å²) in [5.41, 5.74) is 1.28. The summed E-state index contributed by atoms with van der Waals surface area (Å²) in [5, 5.41) is 15.2. The van der Waals surface area contributed by atoms with E-state index in [1.165, 1.54) is 5.56 Å². The van der Waals surface area contributed by atoms with Crippen LogP contribution in [0.2, 0.25) is 0 Å². The van der Waals surface area contributed by atoms with Gasteiger partial charge in [-0.15, -0.1) is 0 Å². The van der Waals surface area contributed by atoms with Gasteiger partial charge >= 0.3 is 6.03 Å². The number of hydrogen-bond donors (Lipinski definition) is 3. The molecule has 1 aromatic carbocycles. The second-order valence-electron chi connectivity index (χ2n) is 6.48. The predicted octanol–water partition coefficient (Wildman–Crippen LogP) is 2.79. The normalized spacial score (nSPS) is 21.0. The molecule has 1 fully saturated rings. The van der Waals surface area contributed by atoms with E-state index in [9.17, 15) is 9.90 Å². The summed E-state index contributed by atoms with van der Waals surface area (Å²) >= 11 is 0. The molecule has 2 amide bonds. The lowest BCUT2D eigenvalue weighted by atomic mass is 9.93. The van der Waals surface area contributed by atoms with Crippen molar-refractivity contribution in [2.45, 2.75) is 57.6 Å². The second-order valence-corrected chi connectivity index (χ2v) is 6.48. The summed E-state index contributed by atoms with van der Waals surface area (Å²) in [7, 11) is 0. The number of carbonyl (C=O) groups excluding carboxylic acids is 1. The van der Waals surface area contributed by atoms with Crippen LogP contribution in [0.5, 0.6) is 5.75 Å². The predicted molar refractivity (Wildman–Crippen MR) is 90.8 cm³/mol. The molecule has 1 aromatic rings. The van der Waals surface area contributed by atoms with Crippen LogP contribution >= 0.6 is 0 Å². The summed E-state index contributed by atoms with van der Waals surface area (Å²) in [6.07, 6.45) is 3.01. The van der Waals surface area contributed by atoms with Crippen LogP contribution in [0.15, 0.2) is 24.3 Å². The maximum Gasteiger partial charge on any atom is 0.315 e. The minimum atomic E-state index is -0.202. The molecule has 2 rings (SSSR count). The summed E-state index contributed by atoms with van der Waals surface area (Å²) in [6, 6.07) is 8.06. The molecule has 5 nitrogen and oxygen atoms in total. The van der Waals surface area contributed by atoms with Gasteiger partial charge in [-0.25, -0.2) is 4.79 Å². The summed E-state index contributed by atoms with van der Waals surface area (Å²) in [4.78, 5) is 11.8. The van der Waals surface area contributed by atoms with Crippen LogP contribution in [0.4, 0.5) is 4.79 Å². The quantitative estimate of drug-likeness (QED) is 0.706. The first-order valence-corrected chi connectivity index (χ1v) is 8.50. The molecule has 0 saturated heterocycles. The van der Waals surface area contributed by atoms with E-state index < -0.39 is 0 Å². The monoisotopic (exact) mass is 320 g/mol. The Kier molecular flexibility index (Phi) is 6.71. The lowest BCUT2D eigenvalue weighted by Crippen LogP contribution is -2.45. The van der Waals surface area contributed by atoms with Gasteiger partial charge in [0.2, 0.25) is 0 Å². The van der Waals surface area contributed by atoms with Crippen LogP contribution in [-0.4, -0.2) is 36.4 Å². The van der Waals surface area contributed by atoms with Gasteiger partial charge in [-0.3, -0.25) is 0 Å². The van der Waals surface area contributed by atoms with Crippen LogP contribution in [0, 0.1) is 0 Å². The van der Waals surface area contributed by atoms with Crippen molar-refractivity contribution in [1.82, 2.24) is 10.6 Å². The molecule has 1 saturated carbocycles. The average Bonchev–Trinajstić information content (AvgIpc) is 2.54. The van der Waals surface area contributed by atoms with E-state index in [0.29, 0.717) is 19.1 Å². The molecule has 0 aromatic heterocycles. The van der Waals surface area contributed by atoms with Crippen molar-refractivity contribution >= 4 is 6.03 Å². The zero-order valence-corrected chi connectivity index (χ0v) is 14.0. The average molecular weight is 320 g/mol. The number of amides is 2. The minimum Gasteiger partial charge on any atom is -0.492 e. The zero-order valence-electron chi connectivity index (χ0n) is 14.0. The molecule has 0 aliphatic heterocycles. The first-order chi connectivity index (χ1) is 11.0. The maximum atomic E-state index is 11.8. The van der Waals surface area contributed by atoms with Crippen molar-refractivity contribution in [2.24, 2.45) is 0 Å². The molecule has 0 spiro atoms. The SMILES string of the molecule is CC(C)c1ccc(OCCNC(=O)NC2CCC(O)CC2)cc1. The largest absolute Gasteiger partial charge is 0.492 e. The minimum absolute atomic E-state index is 0.162. The van der Waals surface area contributed by atoms with Crippen LogP contribution in [0.3, 0.4) is 0 Å². The second kappa shape index (κ2) is 8.77. The number of urea groups is 1. The first kappa shape index (κ1) is 17.6. The summed E-state index contributed by atoms with van der Waals surface area (Å²) < 4.78 is 5.62. The number of hydrogen-bond acceptors (Lipinski definition) is 3. The lowest BCUT2D eigenvalue weighted by Gasteiger charge is -2.26. The van der Waals surface area contributed by atoms with E-state index in [-0.39, 0.29) is 18.2 Å². The Morgan fingerprint density at radius 2 is 1.87 bits per heavy atom. The van der Waals surface area contributed by atoms with Gasteiger partial charge in [-0.05, 0) is 49.3 Å². The third-order valence-electron chi connectivity index (χ3n) is 4.24. The zero-order chi connectivity index (χ0) is 16.7. The van der Waals surface area contributed by atoms with Gasteiger partial charge in [0.05, 0.1) is 12.6 Å². The van der Waals surface area contributed by atoms with Crippen LogP contribution in [0.25, 0.3) is 0 Å². The number of aliphatic hydroxyl groups excluding tert-OH is 1. The topological polar surface area (TPSA) is 70.6 Å². The van der Waals surface area contributed by atoms with Crippen LogP contribution in [0.1, 0.15) is 51.0 Å². The van der Waals surface area contributed by atoms with Gasteiger partial charge in [0, 0.05) is 6.04 Å². The number of nitrogens with one attached hydrogen (secondary N) is 2. The number of ether oxygens (including phenoxy) is 1. The molecule has 0 heterocycles. The molecule has 3 N–H and O–H groups in total. The highest BCUT2D eigenvalue weighted by Crippen LogP contribution is 2.19. The number of aliphatic hydroxyl groups is 1. The van der Waals surface area contributed by atoms with Gasteiger partial charge in [-0.2, -0.15) is 0 Å². The van der Waals surface area contributed by atoms with E-state index in [2.05, 4.69) is 36.6 Å². The smallest absolute Gasteiger partial charge is 0.315 e. The van der Waals surface area contributed by atoms with Crippen molar-refractivity contribution in [3.8, 4) is 5.75 Å². The van der Waals surface area contributed by atoms with Crippen molar-refractivity contribution in [2.75, 3.05) is 13.2 Å². The van der Waals surface area contributed by atoms with E-state index in [1.54, 1.807) is 0 Å². The van der Waals surface area contributed by atoms with E-state index >= 15 is 0 Å². The van der Waals surface area contributed by atoms with Gasteiger partial charge in [0.15, 0.2) is 0 Å². The molecule has 0 radical (unpaired) electrons. The molecular formula is C18H28N2O3. The van der Waals surface area contributed by atoms with Crippen molar-refractivity contribution < 1.29 is 14.6 Å². The van der Waals surface area contributed by atoms with Gasteiger partial charge in [-0.1, -0.05) is 26.0 Å². The van der Waals surface area contributed by atoms with Crippen molar-refractivity contribution in [3.05, 3.63) is 29.8 Å². The highest BCUT2D eigenvalue weighted by Gasteiger charge is 2.20. The number of benzene rings is 1. The number of rotatable bonds is 6. The standard InChI is InChI=1S/C18H28N2O3/c1-13(2)14-3-9-17(10-4-14)23-12-11-19-18(22)20-15-5-7-16(21)8-6-15/h3-4,9-10,13,15-16,21H,5-8,11-12H2,1-2H3,(H2,19,20,22). The fourth-order valence-corrected chi connectivity index (χ4v) is 2.74. The molecule has 0 bridgehead atoms. The van der Waals surface area contributed by atoms with Crippen LogP contribution < -0.4 is 15.4 Å². The lowest BCUT2D eigenvalue weighted by molar-refractivity contribution is 0.117. The Bertz CT molecular complexity index is 480. The number of carbonyl (C=O) groups is 1. The van der Waals surface area contributed by atoms with Crippen LogP contribution in [-0.2, 0) is 0 Å². The Balaban J connectivity index is 1.60. The molecule has 128 valence electrons. The van der Waals surface area contributed by atoms with E-state index in [1.807, 2.05) is 12.1 Å². The Morgan fingerprint density at radius 3 is 2.48 bits per heavy atom. The first-order valence-electron chi connectivity index (χ1n) is 8.50. The van der Waals surface area contributed by atoms with Gasteiger partial charge < -0.3 is 20.5 Å². The molecule has 5 heteroatoms. The fourth-order valence-electron chi connectivity index (χ4n) is 2.74. The summed E-state index contributed by atoms with van der Waals surface area (Å²) in [6.45, 7) is 5.22. The maximum absolute atomic E-state index is 11.8. The molecule has 1 aliphatic carbocycles. The fraction of sp³-hybridized carbons (Fsp3) is 0.611. The Morgan fingerprint density at radius 1 is 1.22 bits per heavy atom. The molecule has 0 atom stereocenters. The van der Waals surface area contributed by atoms with Gasteiger partial charge in [0.25, 0.3) is 0 Å². The summed E-state index contributed by atoms with van der Waals surface area (Å²) in [5.74, 6) is 1.33. The highest BCUT2D eigenvalue weighted by atomic mass is 16.5. The molecule has 1 aliphatic rings.